The number of pyridine rings is 1. The molecule has 1 heterocycles. The first-order chi connectivity index (χ1) is 12.1. The molecule has 0 amide bonds. The van der Waals surface area contributed by atoms with Crippen molar-refractivity contribution in [3.63, 3.8) is 0 Å². The minimum atomic E-state index is -0.906. The maximum absolute atomic E-state index is 10.9. The Balaban J connectivity index is 0.00000243. The molecule has 2 aromatic carbocycles. The fourth-order valence-electron chi connectivity index (χ4n) is 2.42. The quantitative estimate of drug-likeness (QED) is 0.677. The van der Waals surface area contributed by atoms with Crippen LogP contribution in [0.25, 0.3) is 12.2 Å². The minimum absolute atomic E-state index is 0. The van der Waals surface area contributed by atoms with Gasteiger partial charge in [-0.1, -0.05) is 48.0 Å². The van der Waals surface area contributed by atoms with E-state index in [2.05, 4.69) is 10.6 Å². The van der Waals surface area contributed by atoms with Gasteiger partial charge in [0.1, 0.15) is 0 Å². The van der Waals surface area contributed by atoms with E-state index in [1.165, 1.54) is 0 Å². The number of aromatic carboxylic acids is 1. The predicted molar refractivity (Wildman–Crippen MR) is 99.5 cm³/mol. The summed E-state index contributed by atoms with van der Waals surface area (Å²) < 4.78 is 2.05. The highest BCUT2D eigenvalue weighted by Crippen LogP contribution is 2.12. The van der Waals surface area contributed by atoms with E-state index in [1.807, 2.05) is 67.0 Å². The monoisotopic (exact) mass is 385 g/mol. The molecule has 3 rings (SSSR count). The first-order valence-corrected chi connectivity index (χ1v) is 8.23. The number of hydrogen-bond acceptors (Lipinski definition) is 1. The first kappa shape index (κ1) is 19.7. The van der Waals surface area contributed by atoms with E-state index in [4.69, 9.17) is 16.7 Å². The summed E-state index contributed by atoms with van der Waals surface area (Å²) in [5.74, 6) is -0.906. The average Bonchev–Trinajstić information content (AvgIpc) is 2.63. The fourth-order valence-corrected chi connectivity index (χ4v) is 2.54. The van der Waals surface area contributed by atoms with Crippen LogP contribution in [0.4, 0.5) is 0 Å². The number of nitrogens with zero attached hydrogens (tertiary/aromatic N) is 1. The Morgan fingerprint density at radius 3 is 1.96 bits per heavy atom. The highest BCUT2D eigenvalue weighted by atomic mass is 35.5. The normalized spacial score (nSPS) is 10.5. The number of halogens is 2. The molecule has 0 aliphatic carbocycles. The van der Waals surface area contributed by atoms with Gasteiger partial charge in [0.2, 0.25) is 0 Å². The van der Waals surface area contributed by atoms with E-state index in [0.29, 0.717) is 12.1 Å². The molecule has 3 nitrogen and oxygen atoms in total. The summed E-state index contributed by atoms with van der Waals surface area (Å²) in [6.45, 7) is 0.696. The average molecular weight is 386 g/mol. The van der Waals surface area contributed by atoms with Crippen molar-refractivity contribution < 1.29 is 26.9 Å². The van der Waals surface area contributed by atoms with Crippen molar-refractivity contribution in [3.05, 3.63) is 100 Å². The largest absolute Gasteiger partial charge is 1.00 e. The Bertz CT molecular complexity index is 887. The van der Waals surface area contributed by atoms with Crippen molar-refractivity contribution in [1.29, 1.82) is 0 Å². The van der Waals surface area contributed by atoms with E-state index in [1.54, 1.807) is 12.1 Å². The number of carboxylic acids is 1. The third-order valence-corrected chi connectivity index (χ3v) is 4.07. The van der Waals surface area contributed by atoms with E-state index >= 15 is 0 Å². The van der Waals surface area contributed by atoms with Gasteiger partial charge in [-0.05, 0) is 35.4 Å². The summed E-state index contributed by atoms with van der Waals surface area (Å²) in [5.41, 5.74) is 3.56. The predicted octanol–water partition coefficient (Wildman–Crippen LogP) is 1.55. The summed E-state index contributed by atoms with van der Waals surface area (Å²) in [5, 5.41) is 9.65. The molecule has 1 N–H and O–H groups in total. The summed E-state index contributed by atoms with van der Waals surface area (Å²) in [6.07, 6.45) is 8.11. The lowest BCUT2D eigenvalue weighted by Crippen LogP contribution is -3.00. The van der Waals surface area contributed by atoms with Gasteiger partial charge in [-0.15, -0.1) is 0 Å². The molecule has 0 unspecified atom stereocenters. The SMILES string of the molecule is O=C(O)c1ccc(C[n+]2ccc(/C=C\c3ccc(Cl)cc3)cc2)cc1.[Cl-]. The van der Waals surface area contributed by atoms with Gasteiger partial charge in [0.25, 0.3) is 0 Å². The van der Waals surface area contributed by atoms with E-state index in [9.17, 15) is 4.79 Å². The zero-order chi connectivity index (χ0) is 17.6. The van der Waals surface area contributed by atoms with Gasteiger partial charge in [0.05, 0.1) is 5.56 Å². The van der Waals surface area contributed by atoms with Crippen molar-refractivity contribution in [2.24, 2.45) is 0 Å². The number of hydrogen-bond donors (Lipinski definition) is 1. The lowest BCUT2D eigenvalue weighted by molar-refractivity contribution is -0.688. The van der Waals surface area contributed by atoms with Crippen LogP contribution in [0.2, 0.25) is 5.02 Å². The van der Waals surface area contributed by atoms with Gasteiger partial charge in [-0.25, -0.2) is 9.36 Å². The summed E-state index contributed by atoms with van der Waals surface area (Å²) in [7, 11) is 0. The smallest absolute Gasteiger partial charge is 0.335 e. The van der Waals surface area contributed by atoms with Crippen molar-refractivity contribution in [3.8, 4) is 0 Å². The molecule has 5 heteroatoms. The van der Waals surface area contributed by atoms with Crippen LogP contribution in [0.15, 0.2) is 73.1 Å². The summed E-state index contributed by atoms with van der Waals surface area (Å²) in [4.78, 5) is 10.9. The van der Waals surface area contributed by atoms with Crippen molar-refractivity contribution in [2.75, 3.05) is 0 Å². The first-order valence-electron chi connectivity index (χ1n) is 7.85. The zero-order valence-electron chi connectivity index (χ0n) is 13.8. The maximum Gasteiger partial charge on any atom is 0.335 e. The van der Waals surface area contributed by atoms with Crippen molar-refractivity contribution >= 4 is 29.7 Å². The van der Waals surface area contributed by atoms with Gasteiger partial charge in [-0.3, -0.25) is 0 Å². The summed E-state index contributed by atoms with van der Waals surface area (Å²) in [6, 6.07) is 18.7. The molecule has 0 atom stereocenters. The molecule has 0 aliphatic rings. The van der Waals surface area contributed by atoms with Crippen molar-refractivity contribution in [1.82, 2.24) is 0 Å². The molecular formula is C21H17Cl2NO2. The van der Waals surface area contributed by atoms with Crippen LogP contribution in [0.3, 0.4) is 0 Å². The molecule has 0 saturated heterocycles. The third-order valence-electron chi connectivity index (χ3n) is 3.82. The Morgan fingerprint density at radius 1 is 0.885 bits per heavy atom. The Hall–Kier alpha value is -2.62. The van der Waals surface area contributed by atoms with E-state index < -0.39 is 5.97 Å². The molecule has 3 aromatic rings. The molecule has 0 spiro atoms. The maximum atomic E-state index is 10.9. The minimum Gasteiger partial charge on any atom is -1.00 e. The second-order valence-corrected chi connectivity index (χ2v) is 6.13. The summed E-state index contributed by atoms with van der Waals surface area (Å²) >= 11 is 5.88. The van der Waals surface area contributed by atoms with Gasteiger partial charge >= 0.3 is 5.97 Å². The Kier molecular flexibility index (Phi) is 6.96. The lowest BCUT2D eigenvalue weighted by atomic mass is 10.1. The number of aromatic nitrogens is 1. The van der Waals surface area contributed by atoms with Gasteiger partial charge in [0.15, 0.2) is 18.9 Å². The molecular weight excluding hydrogens is 369 g/mol. The van der Waals surface area contributed by atoms with E-state index in [-0.39, 0.29) is 12.4 Å². The van der Waals surface area contributed by atoms with Crippen LogP contribution in [0, 0.1) is 0 Å². The molecule has 0 aliphatic heterocycles. The second kappa shape index (κ2) is 9.18. The van der Waals surface area contributed by atoms with E-state index in [0.717, 1.165) is 21.7 Å². The highest BCUT2D eigenvalue weighted by molar-refractivity contribution is 6.30. The molecule has 0 saturated carbocycles. The molecule has 26 heavy (non-hydrogen) atoms. The molecule has 0 fully saturated rings. The van der Waals surface area contributed by atoms with Crippen LogP contribution in [0.1, 0.15) is 27.0 Å². The molecule has 0 radical (unpaired) electrons. The second-order valence-electron chi connectivity index (χ2n) is 5.69. The number of benzene rings is 2. The highest BCUT2D eigenvalue weighted by Gasteiger charge is 2.05. The van der Waals surface area contributed by atoms with Crippen molar-refractivity contribution in [2.45, 2.75) is 6.54 Å². The zero-order valence-corrected chi connectivity index (χ0v) is 15.4. The molecule has 1 aromatic heterocycles. The fraction of sp³-hybridized carbons (Fsp3) is 0.0476. The standard InChI is InChI=1S/C21H16ClNO2.ClH/c22-20-9-5-16(6-10-20)1-2-17-11-13-23(14-12-17)15-18-3-7-19(8-4-18)21(24)25;/h1-14H,15H2;1H/b2-1-;. The third kappa shape index (κ3) is 5.45. The topological polar surface area (TPSA) is 41.2 Å². The Morgan fingerprint density at radius 2 is 1.42 bits per heavy atom. The number of rotatable bonds is 5. The van der Waals surface area contributed by atoms with Crippen LogP contribution in [0.5, 0.6) is 0 Å². The van der Waals surface area contributed by atoms with Gasteiger partial charge < -0.3 is 17.5 Å². The van der Waals surface area contributed by atoms with Crippen LogP contribution in [-0.2, 0) is 6.54 Å². The van der Waals surface area contributed by atoms with Crippen LogP contribution < -0.4 is 17.0 Å². The van der Waals surface area contributed by atoms with Gasteiger partial charge in [0, 0.05) is 22.7 Å². The van der Waals surface area contributed by atoms with Crippen LogP contribution in [-0.4, -0.2) is 11.1 Å². The molecule has 0 bridgehead atoms. The number of carbonyl (C=O) groups is 1. The lowest BCUT2D eigenvalue weighted by Gasteiger charge is -2.00. The molecule has 132 valence electrons. The van der Waals surface area contributed by atoms with Crippen LogP contribution >= 0.6 is 11.6 Å². The number of carboxylic acid groups (broad SMARTS) is 1. The Labute approximate surface area is 163 Å². The van der Waals surface area contributed by atoms with Gasteiger partial charge in [-0.2, -0.15) is 0 Å².